The number of hydrogen-bond donors (Lipinski definition) is 1. The van der Waals surface area contributed by atoms with Crippen LogP contribution in [-0.2, 0) is 22.6 Å². The van der Waals surface area contributed by atoms with Crippen LogP contribution in [0.1, 0.15) is 21.6 Å². The van der Waals surface area contributed by atoms with E-state index in [2.05, 4.69) is 10.3 Å². The van der Waals surface area contributed by atoms with E-state index < -0.39 is 6.04 Å². The fourth-order valence-electron chi connectivity index (χ4n) is 3.09. The maximum atomic E-state index is 13.4. The molecule has 0 aliphatic rings. The van der Waals surface area contributed by atoms with Crippen molar-refractivity contribution in [1.82, 2.24) is 10.3 Å². The van der Waals surface area contributed by atoms with Crippen LogP contribution in [-0.4, -0.2) is 16.8 Å². The molecule has 0 saturated carbocycles. The maximum Gasteiger partial charge on any atom is 0.249 e. The van der Waals surface area contributed by atoms with Gasteiger partial charge < -0.3 is 9.73 Å². The monoisotopic (exact) mass is 437 g/mol. The van der Waals surface area contributed by atoms with Gasteiger partial charge in [0.15, 0.2) is 0 Å². The van der Waals surface area contributed by atoms with E-state index in [0.29, 0.717) is 11.4 Å². The summed E-state index contributed by atoms with van der Waals surface area (Å²) in [4.78, 5) is 34.1. The SMILES string of the molecule is O=C(NCc1ccco1)C(c1cccs1)N(C(=O)Cc1cccs1)c1cccnc1. The number of hydrogen-bond acceptors (Lipinski definition) is 6. The molecule has 1 N–H and O–H groups in total. The van der Waals surface area contributed by atoms with Crippen LogP contribution in [0.25, 0.3) is 0 Å². The Morgan fingerprint density at radius 2 is 1.93 bits per heavy atom. The first-order valence-electron chi connectivity index (χ1n) is 9.30. The average Bonchev–Trinajstić information content (AvgIpc) is 3.54. The number of thiophene rings is 2. The van der Waals surface area contributed by atoms with Gasteiger partial charge in [-0.3, -0.25) is 19.5 Å². The van der Waals surface area contributed by atoms with Crippen molar-refractivity contribution in [2.75, 3.05) is 4.90 Å². The summed E-state index contributed by atoms with van der Waals surface area (Å²) in [5.74, 6) is 0.195. The number of amides is 2. The minimum atomic E-state index is -0.809. The molecule has 152 valence electrons. The third-order valence-corrected chi connectivity index (χ3v) is 6.24. The Morgan fingerprint density at radius 3 is 2.60 bits per heavy atom. The Bertz CT molecular complexity index is 1060. The number of carbonyl (C=O) groups is 2. The summed E-state index contributed by atoms with van der Waals surface area (Å²) < 4.78 is 5.32. The van der Waals surface area contributed by atoms with Gasteiger partial charge in [-0.15, -0.1) is 22.7 Å². The Kier molecular flexibility index (Phi) is 6.36. The van der Waals surface area contributed by atoms with Gasteiger partial charge in [0.25, 0.3) is 0 Å². The lowest BCUT2D eigenvalue weighted by Gasteiger charge is -2.30. The highest BCUT2D eigenvalue weighted by Crippen LogP contribution is 2.31. The molecule has 0 aliphatic carbocycles. The summed E-state index contributed by atoms with van der Waals surface area (Å²) in [6.45, 7) is 0.244. The van der Waals surface area contributed by atoms with Gasteiger partial charge in [0.2, 0.25) is 11.8 Å². The largest absolute Gasteiger partial charge is 0.467 e. The number of nitrogens with zero attached hydrogens (tertiary/aromatic N) is 2. The molecule has 0 saturated heterocycles. The van der Waals surface area contributed by atoms with Crippen LogP contribution in [0.3, 0.4) is 0 Å². The Balaban J connectivity index is 1.67. The van der Waals surface area contributed by atoms with Crippen molar-refractivity contribution in [1.29, 1.82) is 0 Å². The van der Waals surface area contributed by atoms with Gasteiger partial charge in [-0.05, 0) is 47.2 Å². The van der Waals surface area contributed by atoms with Crippen LogP contribution in [0.5, 0.6) is 0 Å². The highest BCUT2D eigenvalue weighted by atomic mass is 32.1. The molecule has 4 aromatic rings. The molecule has 0 bridgehead atoms. The van der Waals surface area contributed by atoms with Crippen LogP contribution in [0.4, 0.5) is 5.69 Å². The number of pyridine rings is 1. The summed E-state index contributed by atoms with van der Waals surface area (Å²) in [6.07, 6.45) is 5.01. The summed E-state index contributed by atoms with van der Waals surface area (Å²) in [7, 11) is 0. The van der Waals surface area contributed by atoms with E-state index >= 15 is 0 Å². The normalized spacial score (nSPS) is 11.7. The van der Waals surface area contributed by atoms with Crippen molar-refractivity contribution >= 4 is 40.2 Å². The van der Waals surface area contributed by atoms with E-state index in [-0.39, 0.29) is 24.8 Å². The molecule has 1 unspecified atom stereocenters. The standard InChI is InChI=1S/C22H19N3O3S2/c26-20(13-18-7-3-11-29-18)25(16-5-1-9-23-14-16)21(19-8-4-12-30-19)22(27)24-15-17-6-2-10-28-17/h1-12,14,21H,13,15H2,(H,24,27). The third kappa shape index (κ3) is 4.67. The second-order valence-electron chi connectivity index (χ2n) is 6.45. The lowest BCUT2D eigenvalue weighted by Crippen LogP contribution is -2.44. The maximum absolute atomic E-state index is 13.4. The fourth-order valence-corrected chi connectivity index (χ4v) is 4.59. The van der Waals surface area contributed by atoms with Gasteiger partial charge in [0, 0.05) is 16.0 Å². The number of rotatable bonds is 8. The van der Waals surface area contributed by atoms with Crippen LogP contribution in [0.2, 0.25) is 0 Å². The molecule has 1 atom stereocenters. The molecule has 0 spiro atoms. The van der Waals surface area contributed by atoms with Crippen molar-refractivity contribution in [3.8, 4) is 0 Å². The number of anilines is 1. The second kappa shape index (κ2) is 9.51. The first kappa shape index (κ1) is 20.1. The molecular formula is C22H19N3O3S2. The van der Waals surface area contributed by atoms with Gasteiger partial charge >= 0.3 is 0 Å². The van der Waals surface area contributed by atoms with Gasteiger partial charge in [0.05, 0.1) is 31.1 Å². The molecule has 2 amide bonds. The van der Waals surface area contributed by atoms with E-state index in [0.717, 1.165) is 9.75 Å². The van der Waals surface area contributed by atoms with E-state index in [1.165, 1.54) is 27.6 Å². The summed E-state index contributed by atoms with van der Waals surface area (Å²) in [5.41, 5.74) is 0.575. The Hall–Kier alpha value is -3.23. The van der Waals surface area contributed by atoms with Crippen LogP contribution in [0.15, 0.2) is 82.4 Å². The molecule has 4 heterocycles. The predicted molar refractivity (Wildman–Crippen MR) is 117 cm³/mol. The fraction of sp³-hybridized carbons (Fsp3) is 0.136. The molecule has 30 heavy (non-hydrogen) atoms. The first-order valence-corrected chi connectivity index (χ1v) is 11.1. The molecular weight excluding hydrogens is 418 g/mol. The smallest absolute Gasteiger partial charge is 0.249 e. The van der Waals surface area contributed by atoms with E-state index in [1.54, 1.807) is 42.9 Å². The predicted octanol–water partition coefficient (Wildman–Crippen LogP) is 4.43. The van der Waals surface area contributed by atoms with Crippen molar-refractivity contribution in [2.45, 2.75) is 19.0 Å². The molecule has 6 nitrogen and oxygen atoms in total. The minimum absolute atomic E-state index is 0.169. The number of aromatic nitrogens is 1. The summed E-state index contributed by atoms with van der Waals surface area (Å²) in [6, 6.07) is 13.9. The quantitative estimate of drug-likeness (QED) is 0.442. The Labute approximate surface area is 181 Å². The first-order chi connectivity index (χ1) is 14.7. The Morgan fingerprint density at radius 1 is 1.07 bits per heavy atom. The molecule has 0 radical (unpaired) electrons. The van der Waals surface area contributed by atoms with E-state index in [4.69, 9.17) is 4.42 Å². The number of carbonyl (C=O) groups excluding carboxylic acids is 2. The van der Waals surface area contributed by atoms with Crippen molar-refractivity contribution in [3.05, 3.63) is 93.5 Å². The molecule has 0 aliphatic heterocycles. The van der Waals surface area contributed by atoms with Crippen molar-refractivity contribution in [2.24, 2.45) is 0 Å². The van der Waals surface area contributed by atoms with Crippen molar-refractivity contribution in [3.63, 3.8) is 0 Å². The second-order valence-corrected chi connectivity index (χ2v) is 8.46. The van der Waals surface area contributed by atoms with Gasteiger partial charge in [-0.25, -0.2) is 0 Å². The lowest BCUT2D eigenvalue weighted by molar-refractivity contribution is -0.126. The highest BCUT2D eigenvalue weighted by molar-refractivity contribution is 7.10. The molecule has 4 rings (SSSR count). The zero-order chi connectivity index (χ0) is 20.8. The van der Waals surface area contributed by atoms with Crippen molar-refractivity contribution < 1.29 is 14.0 Å². The zero-order valence-electron chi connectivity index (χ0n) is 15.9. The van der Waals surface area contributed by atoms with Gasteiger partial charge in [-0.1, -0.05) is 12.1 Å². The van der Waals surface area contributed by atoms with E-state index in [1.807, 2.05) is 35.0 Å². The third-order valence-electron chi connectivity index (χ3n) is 4.43. The highest BCUT2D eigenvalue weighted by Gasteiger charge is 2.33. The minimum Gasteiger partial charge on any atom is -0.467 e. The molecule has 0 fully saturated rings. The lowest BCUT2D eigenvalue weighted by atomic mass is 10.1. The van der Waals surface area contributed by atoms with Crippen LogP contribution in [0, 0.1) is 0 Å². The summed E-state index contributed by atoms with van der Waals surface area (Å²) >= 11 is 2.95. The molecule has 0 aromatic carbocycles. The molecule has 8 heteroatoms. The zero-order valence-corrected chi connectivity index (χ0v) is 17.6. The van der Waals surface area contributed by atoms with Crippen LogP contribution < -0.4 is 10.2 Å². The average molecular weight is 438 g/mol. The topological polar surface area (TPSA) is 75.4 Å². The van der Waals surface area contributed by atoms with E-state index in [9.17, 15) is 9.59 Å². The number of furan rings is 1. The number of nitrogens with one attached hydrogen (secondary N) is 1. The summed E-state index contributed by atoms with van der Waals surface area (Å²) in [5, 5.41) is 6.73. The van der Waals surface area contributed by atoms with Gasteiger partial charge in [-0.2, -0.15) is 0 Å². The van der Waals surface area contributed by atoms with Gasteiger partial charge in [0.1, 0.15) is 11.8 Å². The van der Waals surface area contributed by atoms with Crippen LogP contribution >= 0.6 is 22.7 Å². The molecule has 4 aromatic heterocycles.